The highest BCUT2D eigenvalue weighted by Crippen LogP contribution is 2.35. The second-order valence-electron chi connectivity index (χ2n) is 5.87. The summed E-state index contributed by atoms with van der Waals surface area (Å²) in [6.45, 7) is 0.289. The molecule has 1 aromatic heterocycles. The Morgan fingerprint density at radius 3 is 2.48 bits per heavy atom. The Kier molecular flexibility index (Phi) is 4.16. The standard InChI is InChI=1S/C16H16BrF3N2O/c1-21-13(9-10-3-2-4-12(17)14(10)21)15(23)22-7-5-11(6-8-22)16(18,19)20/h2-4,9,11H,5-8H2,1H3. The van der Waals surface area contributed by atoms with Crippen molar-refractivity contribution >= 4 is 32.7 Å². The van der Waals surface area contributed by atoms with E-state index in [0.717, 1.165) is 15.4 Å². The highest BCUT2D eigenvalue weighted by molar-refractivity contribution is 9.10. The summed E-state index contributed by atoms with van der Waals surface area (Å²) in [5.41, 5.74) is 1.40. The van der Waals surface area contributed by atoms with E-state index in [2.05, 4.69) is 15.9 Å². The third-order valence-corrected chi connectivity index (χ3v) is 5.11. The van der Waals surface area contributed by atoms with Gasteiger partial charge in [0, 0.05) is 30.0 Å². The van der Waals surface area contributed by atoms with Crippen LogP contribution in [0.3, 0.4) is 0 Å². The maximum atomic E-state index is 12.7. The van der Waals surface area contributed by atoms with Gasteiger partial charge in [-0.2, -0.15) is 13.2 Å². The molecule has 0 bridgehead atoms. The van der Waals surface area contributed by atoms with Crippen LogP contribution in [0.15, 0.2) is 28.7 Å². The van der Waals surface area contributed by atoms with E-state index in [1.54, 1.807) is 17.7 Å². The Balaban J connectivity index is 1.82. The molecule has 1 amide bonds. The van der Waals surface area contributed by atoms with Crippen LogP contribution in [0, 0.1) is 5.92 Å². The molecule has 0 radical (unpaired) electrons. The fourth-order valence-corrected chi connectivity index (χ4v) is 3.79. The van der Waals surface area contributed by atoms with E-state index in [1.165, 1.54) is 4.90 Å². The summed E-state index contributed by atoms with van der Waals surface area (Å²) >= 11 is 3.47. The zero-order valence-corrected chi connectivity index (χ0v) is 14.1. The molecule has 23 heavy (non-hydrogen) atoms. The van der Waals surface area contributed by atoms with E-state index >= 15 is 0 Å². The molecular weight excluding hydrogens is 373 g/mol. The summed E-state index contributed by atoms with van der Waals surface area (Å²) in [5, 5.41) is 0.926. The quantitative estimate of drug-likeness (QED) is 0.712. The molecule has 0 aliphatic carbocycles. The molecule has 0 unspecified atom stereocenters. The van der Waals surface area contributed by atoms with Crippen molar-refractivity contribution in [2.45, 2.75) is 19.0 Å². The first-order valence-electron chi connectivity index (χ1n) is 7.39. The third kappa shape index (κ3) is 2.98. The van der Waals surface area contributed by atoms with Crippen molar-refractivity contribution in [1.29, 1.82) is 0 Å². The molecule has 0 atom stereocenters. The van der Waals surface area contributed by atoms with E-state index in [-0.39, 0.29) is 31.8 Å². The monoisotopic (exact) mass is 388 g/mol. The van der Waals surface area contributed by atoms with Crippen LogP contribution in [0.25, 0.3) is 10.9 Å². The van der Waals surface area contributed by atoms with Gasteiger partial charge in [0.1, 0.15) is 5.69 Å². The first-order chi connectivity index (χ1) is 10.8. The third-order valence-electron chi connectivity index (χ3n) is 4.47. The molecule has 2 aromatic rings. The number of aryl methyl sites for hydroxylation is 1. The van der Waals surface area contributed by atoms with Gasteiger partial charge >= 0.3 is 6.18 Å². The van der Waals surface area contributed by atoms with Crippen LogP contribution in [0.1, 0.15) is 23.3 Å². The van der Waals surface area contributed by atoms with Gasteiger partial charge in [-0.25, -0.2) is 0 Å². The van der Waals surface area contributed by atoms with Gasteiger partial charge in [0.25, 0.3) is 5.91 Å². The first-order valence-corrected chi connectivity index (χ1v) is 8.18. The van der Waals surface area contributed by atoms with Crippen molar-refractivity contribution in [3.8, 4) is 0 Å². The van der Waals surface area contributed by atoms with Gasteiger partial charge in [-0.15, -0.1) is 0 Å². The number of alkyl halides is 3. The molecule has 124 valence electrons. The van der Waals surface area contributed by atoms with Gasteiger partial charge in [0.15, 0.2) is 0 Å². The van der Waals surface area contributed by atoms with Gasteiger partial charge in [0.2, 0.25) is 0 Å². The van der Waals surface area contributed by atoms with Crippen LogP contribution in [0.2, 0.25) is 0 Å². The zero-order valence-electron chi connectivity index (χ0n) is 12.5. The molecule has 1 saturated heterocycles. The second kappa shape index (κ2) is 5.85. The molecule has 1 aliphatic rings. The lowest BCUT2D eigenvalue weighted by Gasteiger charge is -2.33. The van der Waals surface area contributed by atoms with Crippen LogP contribution in [0.4, 0.5) is 13.2 Å². The number of carbonyl (C=O) groups is 1. The molecule has 1 aliphatic heterocycles. The summed E-state index contributed by atoms with van der Waals surface area (Å²) in [6, 6.07) is 7.48. The first kappa shape index (κ1) is 16.4. The van der Waals surface area contributed by atoms with E-state index in [0.29, 0.717) is 5.69 Å². The smallest absolute Gasteiger partial charge is 0.339 e. The predicted molar refractivity (Wildman–Crippen MR) is 85.3 cm³/mol. The topological polar surface area (TPSA) is 25.2 Å². The molecule has 3 nitrogen and oxygen atoms in total. The van der Waals surface area contributed by atoms with Crippen LogP contribution < -0.4 is 0 Å². The SMILES string of the molecule is Cn1c(C(=O)N2CCC(C(F)(F)F)CC2)cc2cccc(Br)c21. The van der Waals surface area contributed by atoms with Crippen molar-refractivity contribution in [2.24, 2.45) is 13.0 Å². The number of likely N-dealkylation sites (tertiary alicyclic amines) is 1. The fourth-order valence-electron chi connectivity index (χ4n) is 3.14. The van der Waals surface area contributed by atoms with Crippen LogP contribution >= 0.6 is 15.9 Å². The summed E-state index contributed by atoms with van der Waals surface area (Å²) in [7, 11) is 1.79. The van der Waals surface area contributed by atoms with Gasteiger partial charge in [-0.3, -0.25) is 4.79 Å². The maximum absolute atomic E-state index is 12.7. The molecular formula is C16H16BrF3N2O. The number of hydrogen-bond acceptors (Lipinski definition) is 1. The van der Waals surface area contributed by atoms with Gasteiger partial charge < -0.3 is 9.47 Å². The van der Waals surface area contributed by atoms with Crippen molar-refractivity contribution in [2.75, 3.05) is 13.1 Å². The number of fused-ring (bicyclic) bond motifs is 1. The molecule has 1 aromatic carbocycles. The minimum absolute atomic E-state index is 0.0249. The van der Waals surface area contributed by atoms with Crippen molar-refractivity contribution in [1.82, 2.24) is 9.47 Å². The number of piperidine rings is 1. The predicted octanol–water partition coefficient (Wildman–Crippen LogP) is 4.36. The largest absolute Gasteiger partial charge is 0.391 e. The van der Waals surface area contributed by atoms with Crippen LogP contribution in [0.5, 0.6) is 0 Å². The summed E-state index contributed by atoms with van der Waals surface area (Å²) in [5.74, 6) is -1.51. The number of amides is 1. The maximum Gasteiger partial charge on any atom is 0.391 e. The Hall–Kier alpha value is -1.50. The lowest BCUT2D eigenvalue weighted by atomic mass is 9.96. The number of rotatable bonds is 1. The summed E-state index contributed by atoms with van der Waals surface area (Å²) < 4.78 is 40.9. The Bertz CT molecular complexity index is 746. The number of para-hydroxylation sites is 1. The van der Waals surface area contributed by atoms with Crippen LogP contribution in [-0.4, -0.2) is 34.6 Å². The minimum atomic E-state index is -4.17. The summed E-state index contributed by atoms with van der Waals surface area (Å²) in [6.07, 6.45) is -4.22. The lowest BCUT2D eigenvalue weighted by Crippen LogP contribution is -2.42. The van der Waals surface area contributed by atoms with Crippen molar-refractivity contribution in [3.05, 3.63) is 34.4 Å². The molecule has 1 fully saturated rings. The van der Waals surface area contributed by atoms with Crippen molar-refractivity contribution < 1.29 is 18.0 Å². The number of hydrogen-bond donors (Lipinski definition) is 0. The average Bonchev–Trinajstić information content (AvgIpc) is 2.84. The molecule has 0 spiro atoms. The zero-order chi connectivity index (χ0) is 16.8. The van der Waals surface area contributed by atoms with E-state index in [1.807, 2.05) is 18.2 Å². The highest BCUT2D eigenvalue weighted by atomic mass is 79.9. The summed E-state index contributed by atoms with van der Waals surface area (Å²) in [4.78, 5) is 14.2. The minimum Gasteiger partial charge on any atom is -0.339 e. The highest BCUT2D eigenvalue weighted by Gasteiger charge is 2.42. The normalized spacial score (nSPS) is 17.0. The number of benzene rings is 1. The van der Waals surface area contributed by atoms with Gasteiger partial charge in [-0.1, -0.05) is 12.1 Å². The Morgan fingerprint density at radius 2 is 1.91 bits per heavy atom. The number of aromatic nitrogens is 1. The fraction of sp³-hybridized carbons (Fsp3) is 0.438. The van der Waals surface area contributed by atoms with E-state index in [9.17, 15) is 18.0 Å². The van der Waals surface area contributed by atoms with E-state index in [4.69, 9.17) is 0 Å². The number of halogens is 4. The molecule has 0 saturated carbocycles. The second-order valence-corrected chi connectivity index (χ2v) is 6.73. The van der Waals surface area contributed by atoms with Gasteiger partial charge in [0.05, 0.1) is 11.4 Å². The lowest BCUT2D eigenvalue weighted by molar-refractivity contribution is -0.183. The van der Waals surface area contributed by atoms with E-state index < -0.39 is 12.1 Å². The molecule has 0 N–H and O–H groups in total. The van der Waals surface area contributed by atoms with Crippen LogP contribution in [-0.2, 0) is 7.05 Å². The van der Waals surface area contributed by atoms with Crippen molar-refractivity contribution in [3.63, 3.8) is 0 Å². The Morgan fingerprint density at radius 1 is 1.26 bits per heavy atom. The average molecular weight is 389 g/mol. The number of carbonyl (C=O) groups excluding carboxylic acids is 1. The van der Waals surface area contributed by atoms with Gasteiger partial charge in [-0.05, 0) is 40.9 Å². The molecule has 3 rings (SSSR count). The number of nitrogens with zero attached hydrogens (tertiary/aromatic N) is 2. The molecule has 7 heteroatoms. The molecule has 2 heterocycles. The Labute approximate surface area is 140 Å².